The van der Waals surface area contributed by atoms with Crippen molar-refractivity contribution in [1.29, 1.82) is 0 Å². The van der Waals surface area contributed by atoms with Gasteiger partial charge in [0.05, 0.1) is 24.0 Å². The number of ether oxygens (including phenoxy) is 1. The van der Waals surface area contributed by atoms with Gasteiger partial charge in [0.2, 0.25) is 5.91 Å². The number of Topliss-reactive ketones (excluding diaryl/α,β-unsaturated/α-hetero) is 1. The molecule has 0 radical (unpaired) electrons. The molecule has 1 amide bonds. The van der Waals surface area contributed by atoms with Crippen LogP contribution in [0.15, 0.2) is 11.6 Å². The van der Waals surface area contributed by atoms with Crippen LogP contribution in [0.5, 0.6) is 0 Å². The molecular weight excluding hydrogens is 526 g/mol. The Balaban J connectivity index is 1.50. The van der Waals surface area contributed by atoms with Crippen LogP contribution in [0, 0.1) is 56.2 Å². The van der Waals surface area contributed by atoms with E-state index in [1.165, 1.54) is 5.57 Å². The molecule has 0 spiro atoms. The van der Waals surface area contributed by atoms with Crippen LogP contribution in [0.25, 0.3) is 0 Å². The number of amides is 1. The minimum Gasteiger partial charge on any atom is -0.481 e. The molecule has 4 saturated carbocycles. The highest BCUT2D eigenvalue weighted by Gasteiger charge is 2.70. The van der Waals surface area contributed by atoms with E-state index in [1.54, 1.807) is 0 Å². The lowest BCUT2D eigenvalue weighted by atomic mass is 9.33. The molecule has 5 aliphatic rings. The number of carboxylic acid groups (broad SMARTS) is 1. The van der Waals surface area contributed by atoms with Gasteiger partial charge in [-0.3, -0.25) is 14.4 Å². The number of nitrogens with one attached hydrogen (secondary N) is 1. The van der Waals surface area contributed by atoms with E-state index < -0.39 is 22.7 Å². The maximum atomic E-state index is 13.9. The first-order valence-corrected chi connectivity index (χ1v) is 16.7. The highest BCUT2D eigenvalue weighted by atomic mass is 16.5. The molecule has 0 heterocycles. The fraction of sp³-hybridized carbons (Fsp3) is 0.861. The second-order valence-corrected chi connectivity index (χ2v) is 17.2. The highest BCUT2D eigenvalue weighted by Crippen LogP contribution is 2.75. The zero-order valence-corrected chi connectivity index (χ0v) is 27.8. The lowest BCUT2D eigenvalue weighted by molar-refractivity contribution is -0.195. The molecule has 0 bridgehead atoms. The van der Waals surface area contributed by atoms with Gasteiger partial charge in [-0.2, -0.15) is 0 Å². The standard InChI is InChI=1S/C36H57NO5/c1-22(2)42-19-18-37-29(39)23-20-33(7)26(32(5,6)28(23)38)12-13-35(9)27(33)11-10-24-25-21-31(3,4)14-16-36(25,30(40)41)17-15-34(24,35)8/h10,22-23,25-27H,11-21H2,1-9H3,(H,37,39)(H,40,41)/t23?,25?,26?,27?,33-,34+,35+,36-/m0/s1. The summed E-state index contributed by atoms with van der Waals surface area (Å²) in [5, 5.41) is 13.6. The Labute approximate surface area is 254 Å². The summed E-state index contributed by atoms with van der Waals surface area (Å²) in [6.45, 7) is 20.9. The van der Waals surface area contributed by atoms with Crippen molar-refractivity contribution in [2.24, 2.45) is 56.2 Å². The number of carbonyl (C=O) groups is 3. The normalized spacial score (nSPS) is 43.8. The van der Waals surface area contributed by atoms with Crippen molar-refractivity contribution in [2.45, 2.75) is 126 Å². The van der Waals surface area contributed by atoms with Gasteiger partial charge in [-0.1, -0.05) is 60.1 Å². The minimum absolute atomic E-state index is 0.0167. The average Bonchev–Trinajstić information content (AvgIpc) is 2.88. The van der Waals surface area contributed by atoms with Crippen molar-refractivity contribution >= 4 is 17.7 Å². The molecule has 2 N–H and O–H groups in total. The fourth-order valence-corrected chi connectivity index (χ4v) is 11.4. The Hall–Kier alpha value is -1.69. The summed E-state index contributed by atoms with van der Waals surface area (Å²) in [5.74, 6) is -0.686. The summed E-state index contributed by atoms with van der Waals surface area (Å²) in [7, 11) is 0. The smallest absolute Gasteiger partial charge is 0.310 e. The monoisotopic (exact) mass is 583 g/mol. The Bertz CT molecular complexity index is 1170. The molecule has 0 aromatic heterocycles. The molecule has 0 aliphatic heterocycles. The number of carbonyl (C=O) groups excluding carboxylic acids is 2. The highest BCUT2D eigenvalue weighted by molar-refractivity contribution is 6.04. The number of hydrogen-bond acceptors (Lipinski definition) is 4. The molecule has 4 fully saturated rings. The van der Waals surface area contributed by atoms with Crippen LogP contribution < -0.4 is 5.32 Å². The Morgan fingerprint density at radius 2 is 1.64 bits per heavy atom. The van der Waals surface area contributed by atoms with E-state index >= 15 is 0 Å². The van der Waals surface area contributed by atoms with Gasteiger partial charge in [0, 0.05) is 12.0 Å². The Morgan fingerprint density at radius 1 is 0.976 bits per heavy atom. The molecule has 42 heavy (non-hydrogen) atoms. The molecule has 6 nitrogen and oxygen atoms in total. The van der Waals surface area contributed by atoms with Gasteiger partial charge in [0.25, 0.3) is 0 Å². The van der Waals surface area contributed by atoms with Crippen LogP contribution >= 0.6 is 0 Å². The van der Waals surface area contributed by atoms with Crippen LogP contribution in [-0.2, 0) is 19.1 Å². The maximum absolute atomic E-state index is 13.9. The summed E-state index contributed by atoms with van der Waals surface area (Å²) in [5.41, 5.74) is 0.0595. The molecule has 0 saturated heterocycles. The van der Waals surface area contributed by atoms with Crippen LogP contribution in [0.4, 0.5) is 0 Å². The van der Waals surface area contributed by atoms with E-state index in [-0.39, 0.29) is 51.3 Å². The quantitative estimate of drug-likeness (QED) is 0.196. The van der Waals surface area contributed by atoms with E-state index in [1.807, 2.05) is 13.8 Å². The second kappa shape index (κ2) is 10.2. The van der Waals surface area contributed by atoms with Gasteiger partial charge in [-0.15, -0.1) is 0 Å². The predicted molar refractivity (Wildman–Crippen MR) is 165 cm³/mol. The summed E-state index contributed by atoms with van der Waals surface area (Å²) in [6.07, 6.45) is 10.4. The molecule has 6 heteroatoms. The van der Waals surface area contributed by atoms with E-state index in [0.717, 1.165) is 51.4 Å². The van der Waals surface area contributed by atoms with Crippen molar-refractivity contribution in [2.75, 3.05) is 13.2 Å². The maximum Gasteiger partial charge on any atom is 0.310 e. The van der Waals surface area contributed by atoms with Crippen molar-refractivity contribution in [3.8, 4) is 0 Å². The van der Waals surface area contributed by atoms with E-state index in [9.17, 15) is 19.5 Å². The first-order chi connectivity index (χ1) is 19.4. The number of fused-ring (bicyclic) bond motifs is 7. The van der Waals surface area contributed by atoms with Crippen LogP contribution in [-0.4, -0.2) is 42.0 Å². The molecular formula is C36H57NO5. The number of hydrogen-bond donors (Lipinski definition) is 2. The summed E-state index contributed by atoms with van der Waals surface area (Å²) in [6, 6.07) is 0. The van der Waals surface area contributed by atoms with Gasteiger partial charge >= 0.3 is 5.97 Å². The van der Waals surface area contributed by atoms with Gasteiger partial charge < -0.3 is 15.2 Å². The number of aliphatic carboxylic acids is 1. The largest absolute Gasteiger partial charge is 0.481 e. The lowest BCUT2D eigenvalue weighted by Gasteiger charge is -2.70. The SMILES string of the molecule is CC(C)OCCNC(=O)C1C[C@@]2(C)C(CC[C@]3(C)C2CC=C2C4CC(C)(C)CC[C@]4(C(=O)O)CC[C@]23C)C(C)(C)C1=O. The van der Waals surface area contributed by atoms with Crippen molar-refractivity contribution < 1.29 is 24.2 Å². The third-order valence-corrected chi connectivity index (χ3v) is 14.0. The van der Waals surface area contributed by atoms with Crippen molar-refractivity contribution in [3.05, 3.63) is 11.6 Å². The summed E-state index contributed by atoms with van der Waals surface area (Å²) >= 11 is 0. The third-order valence-electron chi connectivity index (χ3n) is 14.0. The van der Waals surface area contributed by atoms with Gasteiger partial charge in [0.15, 0.2) is 5.78 Å². The predicted octanol–water partition coefficient (Wildman–Crippen LogP) is 7.21. The van der Waals surface area contributed by atoms with E-state index in [2.05, 4.69) is 59.9 Å². The van der Waals surface area contributed by atoms with Crippen molar-refractivity contribution in [1.82, 2.24) is 5.32 Å². The topological polar surface area (TPSA) is 92.7 Å². The van der Waals surface area contributed by atoms with Crippen molar-refractivity contribution in [3.63, 3.8) is 0 Å². The number of allylic oxidation sites excluding steroid dienone is 2. The van der Waals surface area contributed by atoms with E-state index in [0.29, 0.717) is 25.5 Å². The van der Waals surface area contributed by atoms with Crippen LogP contribution in [0.1, 0.15) is 120 Å². The molecule has 0 aromatic carbocycles. The first-order valence-electron chi connectivity index (χ1n) is 16.7. The number of ketones is 1. The third kappa shape index (κ3) is 4.46. The first kappa shape index (κ1) is 31.7. The zero-order valence-electron chi connectivity index (χ0n) is 27.8. The molecule has 236 valence electrons. The van der Waals surface area contributed by atoms with E-state index in [4.69, 9.17) is 4.74 Å². The van der Waals surface area contributed by atoms with Gasteiger partial charge in [-0.05, 0) is 111 Å². The van der Waals surface area contributed by atoms with Crippen LogP contribution in [0.2, 0.25) is 0 Å². The molecule has 0 aromatic rings. The second-order valence-electron chi connectivity index (χ2n) is 17.2. The summed E-state index contributed by atoms with van der Waals surface area (Å²) in [4.78, 5) is 40.4. The molecule has 5 rings (SSSR count). The van der Waals surface area contributed by atoms with Crippen LogP contribution in [0.3, 0.4) is 0 Å². The van der Waals surface area contributed by atoms with Gasteiger partial charge in [0.1, 0.15) is 0 Å². The molecule has 5 aliphatic carbocycles. The zero-order chi connectivity index (χ0) is 31.1. The number of rotatable bonds is 6. The molecule has 4 unspecified atom stereocenters. The summed E-state index contributed by atoms with van der Waals surface area (Å²) < 4.78 is 5.63. The Kier molecular flexibility index (Phi) is 7.68. The minimum atomic E-state index is -0.647. The molecule has 8 atom stereocenters. The van der Waals surface area contributed by atoms with Gasteiger partial charge in [-0.25, -0.2) is 0 Å². The number of carboxylic acids is 1. The Morgan fingerprint density at radius 3 is 2.29 bits per heavy atom. The average molecular weight is 584 g/mol. The lowest BCUT2D eigenvalue weighted by Crippen LogP contribution is -2.66. The fourth-order valence-electron chi connectivity index (χ4n) is 11.4.